The van der Waals surface area contributed by atoms with Crippen LogP contribution >= 0.6 is 15.9 Å². The number of aryl methyl sites for hydroxylation is 3. The average Bonchev–Trinajstić information content (AvgIpc) is 2.45. The van der Waals surface area contributed by atoms with Gasteiger partial charge in [0.2, 0.25) is 0 Å². The Morgan fingerprint density at radius 1 is 1.05 bits per heavy atom. The fourth-order valence-electron chi connectivity index (χ4n) is 2.25. The van der Waals surface area contributed by atoms with Gasteiger partial charge in [0.05, 0.1) is 0 Å². The number of hydrogen-bond donors (Lipinski definition) is 1. The second-order valence-electron chi connectivity index (χ2n) is 5.46. The van der Waals surface area contributed by atoms with E-state index in [0.717, 1.165) is 45.9 Å². The first-order valence-corrected chi connectivity index (χ1v) is 8.09. The van der Waals surface area contributed by atoms with Crippen LogP contribution < -0.4 is 5.32 Å². The molecule has 0 atom stereocenters. The van der Waals surface area contributed by atoms with Crippen LogP contribution in [0.2, 0.25) is 0 Å². The molecule has 0 aliphatic carbocycles. The van der Waals surface area contributed by atoms with Crippen molar-refractivity contribution in [2.24, 2.45) is 0 Å². The third-order valence-corrected chi connectivity index (χ3v) is 4.88. The number of halogens is 1. The average molecular weight is 348 g/mol. The van der Waals surface area contributed by atoms with Crippen LogP contribution in [0.25, 0.3) is 11.4 Å². The molecule has 1 aromatic heterocycles. The molecule has 1 heterocycles. The Hall–Kier alpha value is -1.42. The molecule has 0 spiro atoms. The van der Waals surface area contributed by atoms with Gasteiger partial charge >= 0.3 is 0 Å². The van der Waals surface area contributed by atoms with E-state index < -0.39 is 0 Å². The summed E-state index contributed by atoms with van der Waals surface area (Å²) in [6, 6.07) is 4.26. The van der Waals surface area contributed by atoms with E-state index in [4.69, 9.17) is 4.98 Å². The zero-order valence-electron chi connectivity index (χ0n) is 13.3. The van der Waals surface area contributed by atoms with Gasteiger partial charge in [-0.1, -0.05) is 22.9 Å². The number of benzene rings is 1. The summed E-state index contributed by atoms with van der Waals surface area (Å²) in [5, 5.41) is 3.39. The van der Waals surface area contributed by atoms with Crippen molar-refractivity contribution in [3.63, 3.8) is 0 Å². The predicted molar refractivity (Wildman–Crippen MR) is 92.9 cm³/mol. The van der Waals surface area contributed by atoms with E-state index in [1.165, 1.54) is 11.1 Å². The predicted octanol–water partition coefficient (Wildman–Crippen LogP) is 4.96. The molecule has 1 aromatic carbocycles. The monoisotopic (exact) mass is 347 g/mol. The van der Waals surface area contributed by atoms with Crippen molar-refractivity contribution in [2.75, 3.05) is 11.9 Å². The maximum absolute atomic E-state index is 4.72. The molecule has 3 nitrogen and oxygen atoms in total. The molecular weight excluding hydrogens is 326 g/mol. The molecule has 0 unspecified atom stereocenters. The first-order chi connectivity index (χ1) is 9.93. The van der Waals surface area contributed by atoms with Crippen LogP contribution in [0, 0.1) is 27.7 Å². The number of nitrogens with one attached hydrogen (secondary N) is 1. The molecular formula is C17H22BrN3. The highest BCUT2D eigenvalue weighted by Gasteiger charge is 2.11. The van der Waals surface area contributed by atoms with E-state index in [2.05, 4.69) is 66.1 Å². The number of nitrogens with zero attached hydrogens (tertiary/aromatic N) is 2. The molecule has 2 rings (SSSR count). The Balaban J connectivity index is 2.51. The third kappa shape index (κ3) is 3.43. The third-order valence-electron chi connectivity index (χ3n) is 3.63. The van der Waals surface area contributed by atoms with Crippen molar-refractivity contribution in [1.82, 2.24) is 9.97 Å². The normalized spacial score (nSPS) is 10.8. The lowest BCUT2D eigenvalue weighted by molar-refractivity contribution is 0.954. The fraction of sp³-hybridized carbons (Fsp3) is 0.412. The van der Waals surface area contributed by atoms with Gasteiger partial charge in [-0.05, 0) is 57.4 Å². The highest BCUT2D eigenvalue weighted by molar-refractivity contribution is 9.10. The van der Waals surface area contributed by atoms with Gasteiger partial charge in [0.1, 0.15) is 5.82 Å². The molecule has 4 heteroatoms. The topological polar surface area (TPSA) is 37.8 Å². The van der Waals surface area contributed by atoms with E-state index >= 15 is 0 Å². The zero-order chi connectivity index (χ0) is 15.6. The SMILES string of the molecule is CCCNc1nc(-c2cc(C)c(Br)c(C)c2)nc(C)c1C. The summed E-state index contributed by atoms with van der Waals surface area (Å²) >= 11 is 3.61. The Morgan fingerprint density at radius 3 is 2.24 bits per heavy atom. The fourth-order valence-corrected chi connectivity index (χ4v) is 2.48. The minimum atomic E-state index is 0.787. The molecule has 0 saturated heterocycles. The zero-order valence-corrected chi connectivity index (χ0v) is 14.9. The summed E-state index contributed by atoms with van der Waals surface area (Å²) in [6.07, 6.45) is 1.08. The highest BCUT2D eigenvalue weighted by Crippen LogP contribution is 2.28. The van der Waals surface area contributed by atoms with Crippen molar-refractivity contribution in [1.29, 1.82) is 0 Å². The molecule has 112 valence electrons. The first-order valence-electron chi connectivity index (χ1n) is 7.30. The quantitative estimate of drug-likeness (QED) is 0.848. The maximum atomic E-state index is 4.72. The number of rotatable bonds is 4. The molecule has 0 aliphatic rings. The molecule has 0 saturated carbocycles. The summed E-state index contributed by atoms with van der Waals surface area (Å²) in [7, 11) is 0. The Bertz CT molecular complexity index is 642. The summed E-state index contributed by atoms with van der Waals surface area (Å²) in [5.74, 6) is 1.73. The van der Waals surface area contributed by atoms with Crippen molar-refractivity contribution in [2.45, 2.75) is 41.0 Å². The van der Waals surface area contributed by atoms with Crippen LogP contribution in [0.15, 0.2) is 16.6 Å². The minimum absolute atomic E-state index is 0.787. The lowest BCUT2D eigenvalue weighted by Gasteiger charge is -2.13. The molecule has 0 fully saturated rings. The Labute approximate surface area is 135 Å². The molecule has 2 aromatic rings. The van der Waals surface area contributed by atoms with Crippen molar-refractivity contribution in [3.8, 4) is 11.4 Å². The highest BCUT2D eigenvalue weighted by atomic mass is 79.9. The Morgan fingerprint density at radius 2 is 1.67 bits per heavy atom. The minimum Gasteiger partial charge on any atom is -0.370 e. The van der Waals surface area contributed by atoms with Gasteiger partial charge in [-0.3, -0.25) is 0 Å². The van der Waals surface area contributed by atoms with Crippen LogP contribution in [-0.4, -0.2) is 16.5 Å². The van der Waals surface area contributed by atoms with Crippen molar-refractivity contribution in [3.05, 3.63) is 39.0 Å². The number of anilines is 1. The van der Waals surface area contributed by atoms with Crippen molar-refractivity contribution < 1.29 is 0 Å². The molecule has 0 amide bonds. The van der Waals surface area contributed by atoms with Crippen LogP contribution in [0.5, 0.6) is 0 Å². The van der Waals surface area contributed by atoms with Gasteiger partial charge in [-0.15, -0.1) is 0 Å². The summed E-state index contributed by atoms with van der Waals surface area (Å²) in [4.78, 5) is 9.37. The van der Waals surface area contributed by atoms with E-state index in [1.54, 1.807) is 0 Å². The lowest BCUT2D eigenvalue weighted by atomic mass is 10.1. The van der Waals surface area contributed by atoms with E-state index in [9.17, 15) is 0 Å². The van der Waals surface area contributed by atoms with Gasteiger partial charge in [0.15, 0.2) is 5.82 Å². The molecule has 1 N–H and O–H groups in total. The summed E-state index contributed by atoms with van der Waals surface area (Å²) < 4.78 is 1.15. The van der Waals surface area contributed by atoms with Gasteiger partial charge in [0, 0.05) is 27.8 Å². The number of hydrogen-bond acceptors (Lipinski definition) is 3. The molecule has 0 aliphatic heterocycles. The van der Waals surface area contributed by atoms with Crippen LogP contribution in [0.1, 0.15) is 35.7 Å². The molecule has 0 radical (unpaired) electrons. The second-order valence-corrected chi connectivity index (χ2v) is 6.25. The van der Waals surface area contributed by atoms with Crippen molar-refractivity contribution >= 4 is 21.7 Å². The van der Waals surface area contributed by atoms with Crippen LogP contribution in [0.4, 0.5) is 5.82 Å². The van der Waals surface area contributed by atoms with E-state index in [1.807, 2.05) is 6.92 Å². The summed E-state index contributed by atoms with van der Waals surface area (Å²) in [5.41, 5.74) is 5.62. The first kappa shape index (κ1) is 16.0. The second kappa shape index (κ2) is 6.56. The Kier molecular flexibility index (Phi) is 4.99. The standard InChI is InChI=1S/C17H22BrN3/c1-6-7-19-16-12(4)13(5)20-17(21-16)14-8-10(2)15(18)11(3)9-14/h8-9H,6-7H2,1-5H3,(H,19,20,21). The van der Waals surface area contributed by atoms with Crippen LogP contribution in [-0.2, 0) is 0 Å². The van der Waals surface area contributed by atoms with E-state index in [0.29, 0.717) is 0 Å². The molecule has 21 heavy (non-hydrogen) atoms. The summed E-state index contributed by atoms with van der Waals surface area (Å²) in [6.45, 7) is 11.4. The van der Waals surface area contributed by atoms with Gasteiger partial charge in [-0.2, -0.15) is 0 Å². The van der Waals surface area contributed by atoms with Gasteiger partial charge in [-0.25, -0.2) is 9.97 Å². The van der Waals surface area contributed by atoms with E-state index in [-0.39, 0.29) is 0 Å². The van der Waals surface area contributed by atoms with Crippen LogP contribution in [0.3, 0.4) is 0 Å². The smallest absolute Gasteiger partial charge is 0.161 e. The lowest BCUT2D eigenvalue weighted by Crippen LogP contribution is -2.07. The maximum Gasteiger partial charge on any atom is 0.161 e. The molecule has 0 bridgehead atoms. The largest absolute Gasteiger partial charge is 0.370 e. The van der Waals surface area contributed by atoms with Gasteiger partial charge in [0.25, 0.3) is 0 Å². The number of aromatic nitrogens is 2. The van der Waals surface area contributed by atoms with Gasteiger partial charge < -0.3 is 5.32 Å².